The Hall–Kier alpha value is 2.07. The SMILES string of the molecule is [I][Pt+2][I].[NH-][C@H]1CCCC[C@@H]1[NH-]. The summed E-state index contributed by atoms with van der Waals surface area (Å²) in [6.45, 7) is 0. The van der Waals surface area contributed by atoms with Crippen LogP contribution in [0.15, 0.2) is 0 Å². The molecule has 2 nitrogen and oxygen atoms in total. The van der Waals surface area contributed by atoms with Crippen LogP contribution in [0.1, 0.15) is 25.7 Å². The average molecular weight is 561 g/mol. The first kappa shape index (κ1) is 13.1. The van der Waals surface area contributed by atoms with Crippen molar-refractivity contribution in [3.05, 3.63) is 11.5 Å². The Balaban J connectivity index is 0.000000292. The van der Waals surface area contributed by atoms with Crippen LogP contribution >= 0.6 is 38.7 Å². The van der Waals surface area contributed by atoms with E-state index in [1.807, 2.05) is 0 Å². The molecule has 1 saturated carbocycles. The van der Waals surface area contributed by atoms with E-state index in [4.69, 9.17) is 11.5 Å². The van der Waals surface area contributed by atoms with Crippen LogP contribution < -0.4 is 0 Å². The smallest absolute Gasteiger partial charge is 0.0548 e. The van der Waals surface area contributed by atoms with Crippen molar-refractivity contribution in [2.24, 2.45) is 0 Å². The predicted molar refractivity (Wildman–Crippen MR) is 62.7 cm³/mol. The number of rotatable bonds is 0. The monoisotopic (exact) mass is 561 g/mol. The predicted octanol–water partition coefficient (Wildman–Crippen LogP) is 4.17. The molecule has 2 N–H and O–H groups in total. The van der Waals surface area contributed by atoms with Gasteiger partial charge in [0.05, 0.1) is 0 Å². The van der Waals surface area contributed by atoms with Crippen molar-refractivity contribution < 1.29 is 11.2 Å². The minimum absolute atomic E-state index is 0.0799. The minimum Gasteiger partial charge on any atom is -0.676 e. The van der Waals surface area contributed by atoms with Crippen LogP contribution in [0.5, 0.6) is 0 Å². The molecule has 1 rings (SSSR count). The molecule has 0 aliphatic heterocycles. The van der Waals surface area contributed by atoms with Crippen LogP contribution in [0.3, 0.4) is 0 Å². The molecule has 0 unspecified atom stereocenters. The molecule has 0 radical (unpaired) electrons. The summed E-state index contributed by atoms with van der Waals surface area (Å²) in [7, 11) is 0. The van der Waals surface area contributed by atoms with E-state index in [2.05, 4.69) is 38.7 Å². The molecule has 2 atom stereocenters. The second kappa shape index (κ2) is 8.66. The fourth-order valence-electron chi connectivity index (χ4n) is 1.13. The molecule has 1 fully saturated rings. The van der Waals surface area contributed by atoms with Crippen molar-refractivity contribution in [1.29, 1.82) is 0 Å². The van der Waals surface area contributed by atoms with E-state index < -0.39 is 0 Å². The molecule has 0 amide bonds. The van der Waals surface area contributed by atoms with E-state index in [9.17, 15) is 0 Å². The molecule has 0 spiro atoms. The van der Waals surface area contributed by atoms with Gasteiger partial charge in [-0.3, -0.25) is 0 Å². The average Bonchev–Trinajstić information content (AvgIpc) is 1.97. The van der Waals surface area contributed by atoms with Crippen molar-refractivity contribution in [2.75, 3.05) is 0 Å². The molecule has 0 aromatic heterocycles. The molecule has 0 bridgehead atoms. The summed E-state index contributed by atoms with van der Waals surface area (Å²) >= 11 is 5.30. The molecule has 0 saturated heterocycles. The van der Waals surface area contributed by atoms with E-state index in [-0.39, 0.29) is 12.1 Å². The number of hydrogen-bond donors (Lipinski definition) is 0. The van der Waals surface area contributed by atoms with E-state index in [0.717, 1.165) is 12.8 Å². The third-order valence-corrected chi connectivity index (χ3v) is 1.77. The summed E-state index contributed by atoms with van der Waals surface area (Å²) in [6.07, 6.45) is 4.25. The Morgan fingerprint density at radius 2 is 1.27 bits per heavy atom. The van der Waals surface area contributed by atoms with Gasteiger partial charge in [-0.05, 0) is 0 Å². The molecule has 0 aromatic rings. The first-order chi connectivity index (χ1) is 5.22. The molecule has 5 heteroatoms. The Bertz CT molecular complexity index is 84.7. The Labute approximate surface area is 97.8 Å². The molecular weight excluding hydrogens is 549 g/mol. The van der Waals surface area contributed by atoms with E-state index >= 15 is 0 Å². The van der Waals surface area contributed by atoms with Gasteiger partial charge >= 0.3 is 49.9 Å². The second-order valence-corrected chi connectivity index (χ2v) is 19.1. The van der Waals surface area contributed by atoms with Gasteiger partial charge in [0.25, 0.3) is 0 Å². The first-order valence-electron chi connectivity index (χ1n) is 3.47. The third kappa shape index (κ3) is 7.16. The van der Waals surface area contributed by atoms with Crippen molar-refractivity contribution in [1.82, 2.24) is 0 Å². The molecule has 0 aromatic carbocycles. The molecular formula is C6H12I2N2Pt. The van der Waals surface area contributed by atoms with Crippen LogP contribution in [0.4, 0.5) is 0 Å². The van der Waals surface area contributed by atoms with Gasteiger partial charge in [-0.25, -0.2) is 0 Å². The summed E-state index contributed by atoms with van der Waals surface area (Å²) in [6, 6.07) is -0.160. The topological polar surface area (TPSA) is 47.6 Å². The van der Waals surface area contributed by atoms with Crippen LogP contribution in [-0.2, 0) is 11.2 Å². The van der Waals surface area contributed by atoms with Crippen LogP contribution in [0.2, 0.25) is 0 Å². The van der Waals surface area contributed by atoms with Crippen molar-refractivity contribution in [3.63, 3.8) is 0 Å². The summed E-state index contributed by atoms with van der Waals surface area (Å²) in [5, 5.41) is 0. The van der Waals surface area contributed by atoms with Gasteiger partial charge in [-0.2, -0.15) is 12.1 Å². The van der Waals surface area contributed by atoms with E-state index in [1.165, 1.54) is 12.8 Å². The zero-order valence-corrected chi connectivity index (χ0v) is 12.6. The fourth-order valence-corrected chi connectivity index (χ4v) is 1.13. The molecule has 0 heterocycles. The summed E-state index contributed by atoms with van der Waals surface area (Å²) in [5.74, 6) is 0. The summed E-state index contributed by atoms with van der Waals surface area (Å²) < 4.78 is 0. The normalized spacial score (nSPS) is 30.9. The van der Waals surface area contributed by atoms with Gasteiger partial charge in [-0.1, -0.05) is 25.7 Å². The number of halogens is 2. The van der Waals surface area contributed by atoms with E-state index in [0.29, 0.717) is 11.2 Å². The summed E-state index contributed by atoms with van der Waals surface area (Å²) in [4.78, 5) is 0. The second-order valence-electron chi connectivity index (χ2n) is 2.54. The van der Waals surface area contributed by atoms with Crippen LogP contribution in [0, 0.1) is 0 Å². The minimum atomic E-state index is -0.0799. The molecule has 11 heavy (non-hydrogen) atoms. The maximum atomic E-state index is 7.29. The van der Waals surface area contributed by atoms with Gasteiger partial charge in [-0.15, -0.1) is 0 Å². The third-order valence-electron chi connectivity index (χ3n) is 1.77. The van der Waals surface area contributed by atoms with Crippen molar-refractivity contribution in [3.8, 4) is 0 Å². The Morgan fingerprint density at radius 3 is 1.45 bits per heavy atom. The quantitative estimate of drug-likeness (QED) is 0.399. The zero-order valence-electron chi connectivity index (χ0n) is 6.06. The first-order valence-corrected chi connectivity index (χ1v) is 16.4. The van der Waals surface area contributed by atoms with Gasteiger partial charge in [0, 0.05) is 0 Å². The summed E-state index contributed by atoms with van der Waals surface area (Å²) in [5.41, 5.74) is 14.6. The number of nitrogens with one attached hydrogen (secondary N) is 2. The molecule has 1 aliphatic rings. The standard InChI is InChI=1S/C6H12N2.2HI.Pt/c7-5-3-1-2-4-6(5)8;;;/h5-8H,1-4H2;2*1H;/q-2;;;+4/p-2/t5-,6-;;;/m0.../s1. The molecule has 70 valence electrons. The largest absolute Gasteiger partial charge is 0.676 e. The van der Waals surface area contributed by atoms with Gasteiger partial charge in [0.2, 0.25) is 0 Å². The Morgan fingerprint density at radius 1 is 1.00 bits per heavy atom. The van der Waals surface area contributed by atoms with E-state index in [1.54, 1.807) is 0 Å². The maximum absolute atomic E-state index is 7.29. The van der Waals surface area contributed by atoms with Crippen molar-refractivity contribution >= 4 is 38.7 Å². The van der Waals surface area contributed by atoms with Crippen molar-refractivity contribution in [2.45, 2.75) is 37.8 Å². The Kier molecular flexibility index (Phi) is 10.3. The van der Waals surface area contributed by atoms with Crippen LogP contribution in [0.25, 0.3) is 11.5 Å². The van der Waals surface area contributed by atoms with Gasteiger partial charge in [0.1, 0.15) is 0 Å². The van der Waals surface area contributed by atoms with Crippen LogP contribution in [-0.4, -0.2) is 12.1 Å². The van der Waals surface area contributed by atoms with Gasteiger partial charge < -0.3 is 11.5 Å². The number of hydrogen-bond acceptors (Lipinski definition) is 0. The maximum Gasteiger partial charge on any atom is -0.0548 e. The van der Waals surface area contributed by atoms with Gasteiger partial charge in [0.15, 0.2) is 0 Å². The molecule has 1 aliphatic carbocycles. The fraction of sp³-hybridized carbons (Fsp3) is 1.00. The zero-order chi connectivity index (χ0) is 8.69.